The van der Waals surface area contributed by atoms with Gasteiger partial charge in [-0.25, -0.2) is 0 Å². The molecule has 1 heterocycles. The van der Waals surface area contributed by atoms with Gasteiger partial charge in [0.05, 0.1) is 16.7 Å². The Morgan fingerprint density at radius 1 is 1.26 bits per heavy atom. The van der Waals surface area contributed by atoms with E-state index < -0.39 is 6.04 Å². The van der Waals surface area contributed by atoms with Crippen molar-refractivity contribution in [3.05, 3.63) is 59.1 Å². The Morgan fingerprint density at radius 3 is 2.84 bits per heavy atom. The Labute approximate surface area is 192 Å². The number of hydrogen-bond donors (Lipinski definition) is 2. The first kappa shape index (κ1) is 23.4. The lowest BCUT2D eigenvalue weighted by molar-refractivity contribution is -0.118. The largest absolute Gasteiger partial charge is 0.491 e. The SMILES string of the molecule is CSCCC(NC(=O)c1ccccc1Cl)C(=O)Nc1cccc(OCC2CCCO2)c1. The van der Waals surface area contributed by atoms with Crippen molar-refractivity contribution in [2.24, 2.45) is 0 Å². The summed E-state index contributed by atoms with van der Waals surface area (Å²) < 4.78 is 11.4. The van der Waals surface area contributed by atoms with Crippen LogP contribution in [-0.4, -0.2) is 49.2 Å². The molecule has 1 fully saturated rings. The van der Waals surface area contributed by atoms with E-state index in [-0.39, 0.29) is 17.9 Å². The molecule has 2 N–H and O–H groups in total. The summed E-state index contributed by atoms with van der Waals surface area (Å²) >= 11 is 7.73. The van der Waals surface area contributed by atoms with Gasteiger partial charge in [-0.3, -0.25) is 9.59 Å². The van der Waals surface area contributed by atoms with Gasteiger partial charge in [0.1, 0.15) is 18.4 Å². The zero-order valence-electron chi connectivity index (χ0n) is 17.4. The molecule has 1 saturated heterocycles. The topological polar surface area (TPSA) is 76.7 Å². The number of thioether (sulfide) groups is 1. The first-order valence-corrected chi connectivity index (χ1v) is 12.0. The number of amides is 2. The third-order valence-corrected chi connectivity index (χ3v) is 5.89. The molecule has 8 heteroatoms. The van der Waals surface area contributed by atoms with Crippen LogP contribution in [0.2, 0.25) is 5.02 Å². The molecule has 0 aromatic heterocycles. The molecule has 0 spiro atoms. The van der Waals surface area contributed by atoms with Crippen LogP contribution in [0, 0.1) is 0 Å². The van der Waals surface area contributed by atoms with Gasteiger partial charge >= 0.3 is 0 Å². The molecule has 2 amide bonds. The van der Waals surface area contributed by atoms with E-state index in [0.29, 0.717) is 35.1 Å². The number of carbonyl (C=O) groups excluding carboxylic acids is 2. The molecule has 3 rings (SSSR count). The van der Waals surface area contributed by atoms with Crippen molar-refractivity contribution in [2.75, 3.05) is 30.5 Å². The lowest BCUT2D eigenvalue weighted by Crippen LogP contribution is -2.44. The van der Waals surface area contributed by atoms with Gasteiger partial charge in [-0.2, -0.15) is 11.8 Å². The molecule has 2 aromatic rings. The zero-order chi connectivity index (χ0) is 22.1. The van der Waals surface area contributed by atoms with Crippen LogP contribution in [0.4, 0.5) is 5.69 Å². The second-order valence-corrected chi connectivity index (χ2v) is 8.64. The Morgan fingerprint density at radius 2 is 2.10 bits per heavy atom. The average Bonchev–Trinajstić information content (AvgIpc) is 3.29. The molecule has 166 valence electrons. The highest BCUT2D eigenvalue weighted by molar-refractivity contribution is 7.98. The van der Waals surface area contributed by atoms with Crippen LogP contribution in [0.25, 0.3) is 0 Å². The van der Waals surface area contributed by atoms with Crippen LogP contribution in [0.5, 0.6) is 5.75 Å². The van der Waals surface area contributed by atoms with Gasteiger partial charge in [0.15, 0.2) is 0 Å². The van der Waals surface area contributed by atoms with E-state index in [1.54, 1.807) is 48.2 Å². The summed E-state index contributed by atoms with van der Waals surface area (Å²) in [6.45, 7) is 1.27. The highest BCUT2D eigenvalue weighted by atomic mass is 35.5. The standard InChI is InChI=1S/C23H27ClN2O4S/c1-31-13-11-21(26-22(27)19-9-2-3-10-20(19)24)23(28)25-16-6-4-7-17(14-16)30-15-18-8-5-12-29-18/h2-4,6-7,9-10,14,18,21H,5,8,11-13,15H2,1H3,(H,25,28)(H,26,27). The van der Waals surface area contributed by atoms with Gasteiger partial charge in [0.25, 0.3) is 5.91 Å². The molecule has 0 radical (unpaired) electrons. The van der Waals surface area contributed by atoms with Crippen molar-refractivity contribution in [1.82, 2.24) is 5.32 Å². The van der Waals surface area contributed by atoms with Crippen molar-refractivity contribution in [3.63, 3.8) is 0 Å². The summed E-state index contributed by atoms with van der Waals surface area (Å²) in [5.41, 5.74) is 0.951. The molecule has 0 saturated carbocycles. The molecular weight excluding hydrogens is 436 g/mol. The highest BCUT2D eigenvalue weighted by Gasteiger charge is 2.22. The van der Waals surface area contributed by atoms with E-state index in [1.165, 1.54) is 0 Å². The smallest absolute Gasteiger partial charge is 0.253 e. The van der Waals surface area contributed by atoms with Gasteiger partial charge in [-0.1, -0.05) is 29.8 Å². The number of benzene rings is 2. The molecule has 1 aliphatic rings. The lowest BCUT2D eigenvalue weighted by Gasteiger charge is -2.19. The number of hydrogen-bond acceptors (Lipinski definition) is 5. The van der Waals surface area contributed by atoms with Crippen molar-refractivity contribution < 1.29 is 19.1 Å². The van der Waals surface area contributed by atoms with Gasteiger partial charge < -0.3 is 20.1 Å². The number of anilines is 1. The number of carbonyl (C=O) groups is 2. The maximum absolute atomic E-state index is 12.9. The molecule has 0 bridgehead atoms. The van der Waals surface area contributed by atoms with Gasteiger partial charge in [-0.15, -0.1) is 0 Å². The fraction of sp³-hybridized carbons (Fsp3) is 0.391. The predicted molar refractivity (Wildman–Crippen MR) is 125 cm³/mol. The molecule has 2 atom stereocenters. The highest BCUT2D eigenvalue weighted by Crippen LogP contribution is 2.20. The molecule has 2 unspecified atom stereocenters. The average molecular weight is 463 g/mol. The number of halogens is 1. The van der Waals surface area contributed by atoms with Gasteiger partial charge in [-0.05, 0) is 55.5 Å². The van der Waals surface area contributed by atoms with E-state index in [1.807, 2.05) is 18.4 Å². The summed E-state index contributed by atoms with van der Waals surface area (Å²) in [6, 6.07) is 13.3. The van der Waals surface area contributed by atoms with Crippen LogP contribution >= 0.6 is 23.4 Å². The maximum Gasteiger partial charge on any atom is 0.253 e. The van der Waals surface area contributed by atoms with E-state index in [4.69, 9.17) is 21.1 Å². The van der Waals surface area contributed by atoms with Gasteiger partial charge in [0.2, 0.25) is 5.91 Å². The van der Waals surface area contributed by atoms with Crippen molar-refractivity contribution in [2.45, 2.75) is 31.4 Å². The third kappa shape index (κ3) is 7.16. The van der Waals surface area contributed by atoms with Crippen molar-refractivity contribution in [1.29, 1.82) is 0 Å². The molecule has 6 nitrogen and oxygen atoms in total. The van der Waals surface area contributed by atoms with E-state index in [0.717, 1.165) is 25.2 Å². The number of nitrogens with one attached hydrogen (secondary N) is 2. The monoisotopic (exact) mass is 462 g/mol. The van der Waals surface area contributed by atoms with E-state index in [9.17, 15) is 9.59 Å². The molecule has 0 aliphatic carbocycles. The fourth-order valence-corrected chi connectivity index (χ4v) is 3.94. The second-order valence-electron chi connectivity index (χ2n) is 7.25. The lowest BCUT2D eigenvalue weighted by atomic mass is 10.1. The van der Waals surface area contributed by atoms with Crippen LogP contribution in [0.15, 0.2) is 48.5 Å². The first-order valence-electron chi connectivity index (χ1n) is 10.3. The van der Waals surface area contributed by atoms with Gasteiger partial charge in [0, 0.05) is 18.4 Å². The summed E-state index contributed by atoms with van der Waals surface area (Å²) in [5, 5.41) is 6.04. The maximum atomic E-state index is 12.9. The minimum Gasteiger partial charge on any atom is -0.491 e. The third-order valence-electron chi connectivity index (χ3n) is 4.91. The van der Waals surface area contributed by atoms with Crippen LogP contribution < -0.4 is 15.4 Å². The minimum atomic E-state index is -0.687. The van der Waals surface area contributed by atoms with Crippen LogP contribution in [0.1, 0.15) is 29.6 Å². The number of ether oxygens (including phenoxy) is 2. The first-order chi connectivity index (χ1) is 15.1. The van der Waals surface area contributed by atoms with Crippen molar-refractivity contribution >= 4 is 40.9 Å². The molecular formula is C23H27ClN2O4S. The van der Waals surface area contributed by atoms with Crippen LogP contribution in [0.3, 0.4) is 0 Å². The summed E-state index contributed by atoms with van der Waals surface area (Å²) in [5.74, 6) is 0.728. The Hall–Kier alpha value is -2.22. The van der Waals surface area contributed by atoms with E-state index in [2.05, 4.69) is 10.6 Å². The predicted octanol–water partition coefficient (Wildman–Crippen LogP) is 4.39. The number of rotatable bonds is 10. The zero-order valence-corrected chi connectivity index (χ0v) is 19.0. The normalized spacial score (nSPS) is 16.5. The summed E-state index contributed by atoms with van der Waals surface area (Å²) in [4.78, 5) is 25.6. The Bertz CT molecular complexity index is 889. The van der Waals surface area contributed by atoms with Crippen LogP contribution in [-0.2, 0) is 9.53 Å². The second kappa shape index (κ2) is 12.0. The Balaban J connectivity index is 1.62. The summed E-state index contributed by atoms with van der Waals surface area (Å²) in [6.07, 6.45) is 4.63. The summed E-state index contributed by atoms with van der Waals surface area (Å²) in [7, 11) is 0. The molecule has 2 aromatic carbocycles. The quantitative estimate of drug-likeness (QED) is 0.547. The van der Waals surface area contributed by atoms with Crippen molar-refractivity contribution in [3.8, 4) is 5.75 Å². The fourth-order valence-electron chi connectivity index (χ4n) is 3.24. The Kier molecular flexibility index (Phi) is 9.06. The molecule has 1 aliphatic heterocycles. The van der Waals surface area contributed by atoms with E-state index >= 15 is 0 Å². The minimum absolute atomic E-state index is 0.120. The molecule has 31 heavy (non-hydrogen) atoms.